The first kappa shape index (κ1) is 25.9. The Labute approximate surface area is 219 Å². The maximum absolute atomic E-state index is 15.3. The topological polar surface area (TPSA) is 89.5 Å². The minimum absolute atomic E-state index is 0.0739. The van der Waals surface area contributed by atoms with E-state index in [9.17, 15) is 21.2 Å². The van der Waals surface area contributed by atoms with Gasteiger partial charge in [0.05, 0.1) is 22.8 Å². The van der Waals surface area contributed by atoms with E-state index in [1.165, 1.54) is 24.3 Å². The average molecular weight is 568 g/mol. The summed E-state index contributed by atoms with van der Waals surface area (Å²) in [4.78, 5) is -0.0739. The molecule has 5 rings (SSSR count). The Morgan fingerprint density at radius 1 is 0.946 bits per heavy atom. The van der Waals surface area contributed by atoms with Crippen molar-refractivity contribution in [2.45, 2.75) is 28.9 Å². The smallest absolute Gasteiger partial charge is 0.232 e. The highest BCUT2D eigenvalue weighted by Gasteiger charge is 2.59. The van der Waals surface area contributed by atoms with Gasteiger partial charge in [-0.25, -0.2) is 25.6 Å². The van der Waals surface area contributed by atoms with Crippen LogP contribution in [0.25, 0.3) is 0 Å². The molecule has 3 aromatic rings. The minimum Gasteiger partial charge on any atom is -0.490 e. The third-order valence-corrected chi connectivity index (χ3v) is 11.5. The third kappa shape index (κ3) is 4.59. The summed E-state index contributed by atoms with van der Waals surface area (Å²) in [6.45, 7) is -0.192. The fraction of sp³-hybridized carbons (Fsp3) is 0.308. The Morgan fingerprint density at radius 3 is 2.32 bits per heavy atom. The fourth-order valence-corrected chi connectivity index (χ4v) is 9.61. The Bertz CT molecular complexity index is 1530. The van der Waals surface area contributed by atoms with Gasteiger partial charge in [-0.3, -0.25) is 4.72 Å². The number of anilines is 1. The number of hydrogen-bond acceptors (Lipinski definition) is 5. The maximum Gasteiger partial charge on any atom is 0.232 e. The zero-order chi connectivity index (χ0) is 26.4. The number of halogens is 3. The second-order valence-electron chi connectivity index (χ2n) is 9.48. The van der Waals surface area contributed by atoms with Crippen LogP contribution in [-0.2, 0) is 24.6 Å². The third-order valence-electron chi connectivity index (χ3n) is 7.22. The number of benzene rings is 3. The Morgan fingerprint density at radius 2 is 1.62 bits per heavy atom. The number of para-hydroxylation sites is 1. The molecule has 0 amide bonds. The SMILES string of the molecule is O=S(=O)(C[C@@H]1CC[C@@]2(S(=O)(=O)c3ccc(Cl)cc3)c3c(F)ccc(F)c3OC[C@H]2C1)Nc1ccccc1. The molecule has 0 unspecified atom stereocenters. The first-order chi connectivity index (χ1) is 17.5. The lowest BCUT2D eigenvalue weighted by molar-refractivity contribution is 0.103. The molecule has 0 radical (unpaired) electrons. The summed E-state index contributed by atoms with van der Waals surface area (Å²) < 4.78 is 90.5. The van der Waals surface area contributed by atoms with Crippen LogP contribution in [0.2, 0.25) is 5.02 Å². The van der Waals surface area contributed by atoms with Gasteiger partial charge in [-0.15, -0.1) is 0 Å². The van der Waals surface area contributed by atoms with Crippen LogP contribution in [0.15, 0.2) is 71.6 Å². The lowest BCUT2D eigenvalue weighted by Crippen LogP contribution is -2.53. The van der Waals surface area contributed by atoms with Gasteiger partial charge >= 0.3 is 0 Å². The van der Waals surface area contributed by atoms with Crippen molar-refractivity contribution in [1.82, 2.24) is 0 Å². The lowest BCUT2D eigenvalue weighted by Gasteiger charge is -2.49. The van der Waals surface area contributed by atoms with Gasteiger partial charge in [0, 0.05) is 16.6 Å². The highest BCUT2D eigenvalue weighted by molar-refractivity contribution is 7.93. The first-order valence-corrected chi connectivity index (χ1v) is 15.2. The van der Waals surface area contributed by atoms with E-state index in [-0.39, 0.29) is 42.1 Å². The molecule has 1 fully saturated rings. The number of rotatable bonds is 6. The highest BCUT2D eigenvalue weighted by atomic mass is 35.5. The lowest BCUT2D eigenvalue weighted by atomic mass is 9.69. The zero-order valence-corrected chi connectivity index (χ0v) is 21.9. The number of sulfonamides is 1. The van der Waals surface area contributed by atoms with Crippen molar-refractivity contribution in [1.29, 1.82) is 0 Å². The molecule has 0 spiro atoms. The van der Waals surface area contributed by atoms with Crippen molar-refractivity contribution in [2.75, 3.05) is 17.1 Å². The quantitative estimate of drug-likeness (QED) is 0.422. The largest absolute Gasteiger partial charge is 0.490 e. The molecule has 0 bridgehead atoms. The first-order valence-electron chi connectivity index (χ1n) is 11.7. The van der Waals surface area contributed by atoms with E-state index in [0.29, 0.717) is 10.7 Å². The molecule has 196 valence electrons. The molecule has 1 N–H and O–H groups in total. The van der Waals surface area contributed by atoms with Crippen molar-refractivity contribution in [3.8, 4) is 5.75 Å². The van der Waals surface area contributed by atoms with Gasteiger partial charge in [-0.05, 0) is 73.7 Å². The van der Waals surface area contributed by atoms with Crippen LogP contribution < -0.4 is 9.46 Å². The summed E-state index contributed by atoms with van der Waals surface area (Å²) in [5.41, 5.74) is 0.0906. The summed E-state index contributed by atoms with van der Waals surface area (Å²) in [6.07, 6.45) is 0.219. The molecule has 0 aromatic heterocycles. The summed E-state index contributed by atoms with van der Waals surface area (Å²) in [7, 11) is -8.03. The number of nitrogens with one attached hydrogen (secondary N) is 1. The normalized spacial score (nSPS) is 23.4. The predicted molar refractivity (Wildman–Crippen MR) is 137 cm³/mol. The van der Waals surface area contributed by atoms with Gasteiger partial charge in [0.1, 0.15) is 10.6 Å². The molecule has 11 heteroatoms. The molecule has 3 atom stereocenters. The van der Waals surface area contributed by atoms with Crippen LogP contribution in [0.1, 0.15) is 24.8 Å². The van der Waals surface area contributed by atoms with Crippen molar-refractivity contribution >= 4 is 37.1 Å². The van der Waals surface area contributed by atoms with Crippen LogP contribution in [0.4, 0.5) is 14.5 Å². The molecule has 37 heavy (non-hydrogen) atoms. The van der Waals surface area contributed by atoms with E-state index < -0.39 is 53.8 Å². The van der Waals surface area contributed by atoms with Crippen molar-refractivity contribution in [3.05, 3.63) is 89.0 Å². The van der Waals surface area contributed by atoms with Crippen LogP contribution in [-0.4, -0.2) is 29.2 Å². The maximum atomic E-state index is 15.3. The molecule has 1 aliphatic heterocycles. The molecular formula is C26H24ClF2NO5S2. The molecule has 1 heterocycles. The van der Waals surface area contributed by atoms with E-state index in [2.05, 4.69) is 4.72 Å². The van der Waals surface area contributed by atoms with Gasteiger partial charge < -0.3 is 4.74 Å². The molecule has 2 aliphatic rings. The summed E-state index contributed by atoms with van der Waals surface area (Å²) in [6, 6.07) is 15.8. The number of ether oxygens (including phenoxy) is 1. The molecular weight excluding hydrogens is 544 g/mol. The van der Waals surface area contributed by atoms with E-state index in [0.717, 1.165) is 12.1 Å². The number of fused-ring (bicyclic) bond motifs is 3. The van der Waals surface area contributed by atoms with Gasteiger partial charge in [-0.2, -0.15) is 0 Å². The minimum atomic E-state index is -4.28. The van der Waals surface area contributed by atoms with Gasteiger partial charge in [0.2, 0.25) is 10.0 Å². The Hall–Kier alpha value is -2.69. The van der Waals surface area contributed by atoms with Gasteiger partial charge in [-0.1, -0.05) is 29.8 Å². The van der Waals surface area contributed by atoms with Crippen molar-refractivity contribution < 1.29 is 30.4 Å². The van der Waals surface area contributed by atoms with E-state index in [1.54, 1.807) is 30.3 Å². The molecule has 1 saturated carbocycles. The monoisotopic (exact) mass is 567 g/mol. The average Bonchev–Trinajstić information content (AvgIpc) is 2.86. The number of sulfone groups is 1. The highest BCUT2D eigenvalue weighted by Crippen LogP contribution is 2.57. The Kier molecular flexibility index (Phi) is 6.70. The van der Waals surface area contributed by atoms with Gasteiger partial charge in [0.25, 0.3) is 0 Å². The molecule has 6 nitrogen and oxygen atoms in total. The standard InChI is InChI=1S/C26H24ClF2NO5S2/c27-19-6-8-21(9-7-19)37(33,34)26-13-12-17(16-36(31,32)30-20-4-2-1-3-5-20)14-18(26)15-35-25-23(29)11-10-22(28)24(25)26/h1-11,17-18,30H,12-16H2/t17-,18-,26+/m1/s1. The van der Waals surface area contributed by atoms with Crippen LogP contribution in [0.5, 0.6) is 5.75 Å². The van der Waals surface area contributed by atoms with Gasteiger partial charge in [0.15, 0.2) is 21.4 Å². The van der Waals surface area contributed by atoms with Crippen molar-refractivity contribution in [3.63, 3.8) is 0 Å². The molecule has 0 saturated heterocycles. The van der Waals surface area contributed by atoms with Crippen LogP contribution in [0.3, 0.4) is 0 Å². The van der Waals surface area contributed by atoms with Crippen LogP contribution >= 0.6 is 11.6 Å². The summed E-state index contributed by atoms with van der Waals surface area (Å²) in [5, 5.41) is 0.331. The van der Waals surface area contributed by atoms with Crippen LogP contribution in [0, 0.1) is 23.5 Å². The summed E-state index contributed by atoms with van der Waals surface area (Å²) >= 11 is 5.96. The van der Waals surface area contributed by atoms with E-state index in [4.69, 9.17) is 16.3 Å². The van der Waals surface area contributed by atoms with E-state index >= 15 is 4.39 Å². The van der Waals surface area contributed by atoms with E-state index in [1.807, 2.05) is 0 Å². The fourth-order valence-electron chi connectivity index (χ4n) is 5.62. The summed E-state index contributed by atoms with van der Waals surface area (Å²) in [5.74, 6) is -3.60. The second kappa shape index (κ2) is 9.56. The Balaban J connectivity index is 1.54. The number of hydrogen-bond donors (Lipinski definition) is 1. The molecule has 3 aromatic carbocycles. The van der Waals surface area contributed by atoms with Crippen molar-refractivity contribution in [2.24, 2.45) is 11.8 Å². The predicted octanol–water partition coefficient (Wildman–Crippen LogP) is 5.54. The molecule has 1 aliphatic carbocycles. The second-order valence-corrected chi connectivity index (χ2v) is 13.9. The zero-order valence-electron chi connectivity index (χ0n) is 19.5.